The van der Waals surface area contributed by atoms with Gasteiger partial charge in [0.1, 0.15) is 0 Å². The van der Waals surface area contributed by atoms with E-state index < -0.39 is 5.97 Å². The standard InChI is InChI=1S/C9H12N2O2/c1-3-8-6(2)10-5-7(11-8)4-9(12)13/h5H,3-4H2,1-2H3,(H,12,13). The molecule has 0 atom stereocenters. The maximum atomic E-state index is 10.4. The lowest BCUT2D eigenvalue weighted by molar-refractivity contribution is -0.136. The van der Waals surface area contributed by atoms with Gasteiger partial charge in [-0.2, -0.15) is 0 Å². The molecule has 0 aromatic carbocycles. The van der Waals surface area contributed by atoms with Crippen LogP contribution in [0.25, 0.3) is 0 Å². The first kappa shape index (κ1) is 9.64. The van der Waals surface area contributed by atoms with Crippen molar-refractivity contribution in [3.8, 4) is 0 Å². The third-order valence-electron chi connectivity index (χ3n) is 1.77. The number of carboxylic acid groups (broad SMARTS) is 1. The Morgan fingerprint density at radius 1 is 1.62 bits per heavy atom. The molecule has 0 aliphatic carbocycles. The van der Waals surface area contributed by atoms with Crippen LogP contribution in [-0.4, -0.2) is 21.0 Å². The van der Waals surface area contributed by atoms with Crippen LogP contribution < -0.4 is 0 Å². The summed E-state index contributed by atoms with van der Waals surface area (Å²) in [6, 6.07) is 0. The fourth-order valence-electron chi connectivity index (χ4n) is 1.10. The summed E-state index contributed by atoms with van der Waals surface area (Å²) in [6.07, 6.45) is 2.25. The van der Waals surface area contributed by atoms with Crippen LogP contribution in [0.3, 0.4) is 0 Å². The van der Waals surface area contributed by atoms with Crippen molar-refractivity contribution in [3.63, 3.8) is 0 Å². The van der Waals surface area contributed by atoms with E-state index in [0.717, 1.165) is 17.8 Å². The number of hydrogen-bond donors (Lipinski definition) is 1. The molecule has 70 valence electrons. The highest BCUT2D eigenvalue weighted by atomic mass is 16.4. The van der Waals surface area contributed by atoms with Gasteiger partial charge in [-0.05, 0) is 13.3 Å². The Morgan fingerprint density at radius 2 is 2.31 bits per heavy atom. The monoisotopic (exact) mass is 180 g/mol. The molecule has 0 amide bonds. The largest absolute Gasteiger partial charge is 0.481 e. The quantitative estimate of drug-likeness (QED) is 0.753. The number of aromatic nitrogens is 2. The summed E-state index contributed by atoms with van der Waals surface area (Å²) in [7, 11) is 0. The number of carbonyl (C=O) groups is 1. The van der Waals surface area contributed by atoms with E-state index in [9.17, 15) is 4.79 Å². The summed E-state index contributed by atoms with van der Waals surface area (Å²) in [5.41, 5.74) is 2.27. The van der Waals surface area contributed by atoms with Crippen molar-refractivity contribution in [2.75, 3.05) is 0 Å². The van der Waals surface area contributed by atoms with Crippen LogP contribution >= 0.6 is 0 Å². The summed E-state index contributed by atoms with van der Waals surface area (Å²) in [5, 5.41) is 8.53. The molecule has 13 heavy (non-hydrogen) atoms. The van der Waals surface area contributed by atoms with Crippen molar-refractivity contribution < 1.29 is 9.90 Å². The molecule has 0 bridgehead atoms. The lowest BCUT2D eigenvalue weighted by atomic mass is 10.2. The second-order valence-corrected chi connectivity index (χ2v) is 2.82. The maximum Gasteiger partial charge on any atom is 0.309 e. The molecular weight excluding hydrogens is 168 g/mol. The van der Waals surface area contributed by atoms with Crippen LogP contribution in [0.5, 0.6) is 0 Å². The highest BCUT2D eigenvalue weighted by Crippen LogP contribution is 2.04. The zero-order chi connectivity index (χ0) is 9.84. The van der Waals surface area contributed by atoms with E-state index in [-0.39, 0.29) is 6.42 Å². The second kappa shape index (κ2) is 3.98. The second-order valence-electron chi connectivity index (χ2n) is 2.82. The molecule has 0 fully saturated rings. The Hall–Kier alpha value is -1.45. The van der Waals surface area contributed by atoms with Gasteiger partial charge in [0.15, 0.2) is 0 Å². The number of aliphatic carboxylic acids is 1. The van der Waals surface area contributed by atoms with E-state index in [2.05, 4.69) is 9.97 Å². The van der Waals surface area contributed by atoms with Crippen molar-refractivity contribution in [2.24, 2.45) is 0 Å². The van der Waals surface area contributed by atoms with Crippen molar-refractivity contribution >= 4 is 5.97 Å². The number of hydrogen-bond acceptors (Lipinski definition) is 3. The summed E-state index contributed by atoms with van der Waals surface area (Å²) in [5.74, 6) is -0.875. The van der Waals surface area contributed by atoms with Crippen LogP contribution in [0.2, 0.25) is 0 Å². The summed E-state index contributed by atoms with van der Waals surface area (Å²) in [4.78, 5) is 18.7. The first-order valence-electron chi connectivity index (χ1n) is 4.16. The van der Waals surface area contributed by atoms with E-state index in [0.29, 0.717) is 5.69 Å². The van der Waals surface area contributed by atoms with Crippen molar-refractivity contribution in [1.82, 2.24) is 9.97 Å². The van der Waals surface area contributed by atoms with Gasteiger partial charge in [0.2, 0.25) is 0 Å². The molecule has 1 N–H and O–H groups in total. The Bertz CT molecular complexity index is 323. The summed E-state index contributed by atoms with van der Waals surface area (Å²) in [6.45, 7) is 3.85. The molecule has 0 radical (unpaired) electrons. The van der Waals surface area contributed by atoms with E-state index in [1.54, 1.807) is 0 Å². The molecule has 4 nitrogen and oxygen atoms in total. The molecule has 0 saturated heterocycles. The van der Waals surface area contributed by atoms with Crippen LogP contribution in [0.15, 0.2) is 6.20 Å². The number of rotatable bonds is 3. The predicted molar refractivity (Wildman–Crippen MR) is 47.5 cm³/mol. The fourth-order valence-corrected chi connectivity index (χ4v) is 1.10. The minimum atomic E-state index is -0.875. The van der Waals surface area contributed by atoms with Gasteiger partial charge in [-0.1, -0.05) is 6.92 Å². The SMILES string of the molecule is CCc1nc(CC(=O)O)cnc1C. The van der Waals surface area contributed by atoms with Gasteiger partial charge in [-0.15, -0.1) is 0 Å². The van der Waals surface area contributed by atoms with Gasteiger partial charge in [0, 0.05) is 6.20 Å². The smallest absolute Gasteiger partial charge is 0.309 e. The van der Waals surface area contributed by atoms with Gasteiger partial charge >= 0.3 is 5.97 Å². The summed E-state index contributed by atoms with van der Waals surface area (Å²) < 4.78 is 0. The zero-order valence-corrected chi connectivity index (χ0v) is 7.74. The van der Waals surface area contributed by atoms with Crippen molar-refractivity contribution in [2.45, 2.75) is 26.7 Å². The first-order valence-corrected chi connectivity index (χ1v) is 4.16. The molecule has 1 aromatic heterocycles. The number of aryl methyl sites for hydroxylation is 2. The normalized spacial score (nSPS) is 10.0. The molecule has 0 saturated carbocycles. The highest BCUT2D eigenvalue weighted by molar-refractivity contribution is 5.69. The van der Waals surface area contributed by atoms with Crippen LogP contribution in [0, 0.1) is 6.92 Å². The fraction of sp³-hybridized carbons (Fsp3) is 0.444. The third-order valence-corrected chi connectivity index (χ3v) is 1.77. The molecule has 1 rings (SSSR count). The first-order chi connectivity index (χ1) is 6.13. The average molecular weight is 180 g/mol. The molecule has 4 heteroatoms. The van der Waals surface area contributed by atoms with E-state index >= 15 is 0 Å². The minimum absolute atomic E-state index is 0.0553. The van der Waals surface area contributed by atoms with E-state index in [4.69, 9.17) is 5.11 Å². The van der Waals surface area contributed by atoms with Gasteiger partial charge in [-0.25, -0.2) is 0 Å². The topological polar surface area (TPSA) is 63.1 Å². The Kier molecular flexibility index (Phi) is 2.95. The van der Waals surface area contributed by atoms with Crippen LogP contribution in [-0.2, 0) is 17.6 Å². The third kappa shape index (κ3) is 2.50. The number of nitrogens with zero attached hydrogens (tertiary/aromatic N) is 2. The van der Waals surface area contributed by atoms with Crippen molar-refractivity contribution in [3.05, 3.63) is 23.3 Å². The molecule has 0 spiro atoms. The Morgan fingerprint density at radius 3 is 2.85 bits per heavy atom. The molecule has 1 heterocycles. The molecular formula is C9H12N2O2. The van der Waals surface area contributed by atoms with Gasteiger partial charge in [0.05, 0.1) is 23.5 Å². The maximum absolute atomic E-state index is 10.4. The van der Waals surface area contributed by atoms with Gasteiger partial charge in [0.25, 0.3) is 0 Å². The average Bonchev–Trinajstić information content (AvgIpc) is 2.07. The highest BCUT2D eigenvalue weighted by Gasteiger charge is 2.05. The lowest BCUT2D eigenvalue weighted by Gasteiger charge is -2.02. The summed E-state index contributed by atoms with van der Waals surface area (Å²) >= 11 is 0. The Balaban J connectivity index is 2.92. The zero-order valence-electron chi connectivity index (χ0n) is 7.74. The van der Waals surface area contributed by atoms with Crippen LogP contribution in [0.1, 0.15) is 24.0 Å². The van der Waals surface area contributed by atoms with E-state index in [1.807, 2.05) is 13.8 Å². The van der Waals surface area contributed by atoms with E-state index in [1.165, 1.54) is 6.20 Å². The van der Waals surface area contributed by atoms with Gasteiger partial charge < -0.3 is 5.11 Å². The molecule has 1 aromatic rings. The molecule has 0 aliphatic heterocycles. The molecule has 0 unspecified atom stereocenters. The lowest BCUT2D eigenvalue weighted by Crippen LogP contribution is -2.06. The number of carboxylic acids is 1. The van der Waals surface area contributed by atoms with Crippen LogP contribution in [0.4, 0.5) is 0 Å². The van der Waals surface area contributed by atoms with Gasteiger partial charge in [-0.3, -0.25) is 14.8 Å². The Labute approximate surface area is 76.7 Å². The minimum Gasteiger partial charge on any atom is -0.481 e. The molecule has 0 aliphatic rings. The van der Waals surface area contributed by atoms with Crippen molar-refractivity contribution in [1.29, 1.82) is 0 Å². The predicted octanol–water partition coefficient (Wildman–Crippen LogP) is 0.975.